The van der Waals surface area contributed by atoms with Gasteiger partial charge in [-0.15, -0.1) is 6.58 Å². The lowest BCUT2D eigenvalue weighted by molar-refractivity contribution is -0.0546. The third-order valence-electron chi connectivity index (χ3n) is 9.41. The van der Waals surface area contributed by atoms with Crippen LogP contribution >= 0.6 is 0 Å². The van der Waals surface area contributed by atoms with Crippen LogP contribution in [-0.4, -0.2) is 58.7 Å². The fraction of sp³-hybridized carbons (Fsp3) is 0.410. The van der Waals surface area contributed by atoms with Crippen molar-refractivity contribution in [1.82, 2.24) is 9.47 Å². The van der Waals surface area contributed by atoms with E-state index in [2.05, 4.69) is 17.5 Å². The van der Waals surface area contributed by atoms with E-state index in [1.54, 1.807) is 4.57 Å². The highest BCUT2D eigenvalue weighted by Gasteiger charge is 2.55. The number of carbonyl (C=O) groups excluding carboxylic acids is 1. The Morgan fingerprint density at radius 2 is 1.52 bits per heavy atom. The molecule has 2 heterocycles. The molecule has 1 fully saturated rings. The van der Waals surface area contributed by atoms with E-state index in [1.807, 2.05) is 106 Å². The van der Waals surface area contributed by atoms with Crippen molar-refractivity contribution in [2.45, 2.75) is 70.0 Å². The number of aromatic nitrogens is 1. The van der Waals surface area contributed by atoms with Crippen molar-refractivity contribution in [3.8, 4) is 0 Å². The molecule has 0 radical (unpaired) electrons. The van der Waals surface area contributed by atoms with Crippen LogP contribution in [0.5, 0.6) is 0 Å². The van der Waals surface area contributed by atoms with E-state index in [9.17, 15) is 9.90 Å². The lowest BCUT2D eigenvalue weighted by atomic mass is 9.69. The molecule has 2 bridgehead atoms. The van der Waals surface area contributed by atoms with E-state index < -0.39 is 23.2 Å². The minimum Gasteiger partial charge on any atom is -0.443 e. The normalized spacial score (nSPS) is 21.0. The largest absolute Gasteiger partial charge is 0.443 e. The SMILES string of the molecule is C=CCN1CC[C@H]2[C@H](O)C[C@@H]1c1c(n(C(=O)OC(C)(C)C)c3ccccc13)C2(COCc1ccccc1)COCc1ccccc1. The third kappa shape index (κ3) is 6.42. The van der Waals surface area contributed by atoms with Gasteiger partial charge >= 0.3 is 6.09 Å². The second-order valence-electron chi connectivity index (χ2n) is 13.7. The maximum atomic E-state index is 14.4. The molecule has 0 spiro atoms. The van der Waals surface area contributed by atoms with Crippen LogP contribution in [0.25, 0.3) is 10.9 Å². The van der Waals surface area contributed by atoms with E-state index in [4.69, 9.17) is 14.2 Å². The van der Waals surface area contributed by atoms with E-state index in [0.717, 1.165) is 39.8 Å². The first-order valence-corrected chi connectivity index (χ1v) is 16.4. The molecule has 242 valence electrons. The first-order chi connectivity index (χ1) is 22.2. The summed E-state index contributed by atoms with van der Waals surface area (Å²) in [5, 5.41) is 13.1. The van der Waals surface area contributed by atoms with E-state index in [0.29, 0.717) is 32.6 Å². The Hall–Kier alpha value is -3.75. The number of benzene rings is 3. The second kappa shape index (κ2) is 13.5. The Kier molecular flexibility index (Phi) is 9.48. The summed E-state index contributed by atoms with van der Waals surface area (Å²) in [7, 11) is 0. The van der Waals surface area contributed by atoms with Gasteiger partial charge in [-0.3, -0.25) is 4.90 Å². The van der Waals surface area contributed by atoms with Gasteiger partial charge in [0.05, 0.1) is 43.5 Å². The summed E-state index contributed by atoms with van der Waals surface area (Å²) < 4.78 is 21.2. The zero-order chi connectivity index (χ0) is 32.3. The number of hydrogen-bond acceptors (Lipinski definition) is 6. The van der Waals surface area contributed by atoms with Crippen LogP contribution in [0.15, 0.2) is 97.6 Å². The van der Waals surface area contributed by atoms with Crippen LogP contribution in [0, 0.1) is 5.92 Å². The highest BCUT2D eigenvalue weighted by molar-refractivity contribution is 5.95. The summed E-state index contributed by atoms with van der Waals surface area (Å²) in [5.41, 5.74) is 3.20. The Morgan fingerprint density at radius 1 is 0.935 bits per heavy atom. The van der Waals surface area contributed by atoms with Crippen LogP contribution < -0.4 is 0 Å². The molecule has 4 aromatic rings. The van der Waals surface area contributed by atoms with Gasteiger partial charge in [-0.1, -0.05) is 84.9 Å². The van der Waals surface area contributed by atoms with Gasteiger partial charge in [0.25, 0.3) is 0 Å². The molecule has 0 amide bonds. The lowest BCUT2D eigenvalue weighted by Gasteiger charge is -2.43. The molecule has 3 aromatic carbocycles. The van der Waals surface area contributed by atoms with Crippen molar-refractivity contribution < 1.29 is 24.1 Å². The average Bonchev–Trinajstić information content (AvgIpc) is 3.24. The van der Waals surface area contributed by atoms with Gasteiger partial charge in [-0.2, -0.15) is 0 Å². The van der Waals surface area contributed by atoms with Gasteiger partial charge in [0.1, 0.15) is 5.60 Å². The highest BCUT2D eigenvalue weighted by Crippen LogP contribution is 2.53. The van der Waals surface area contributed by atoms with Gasteiger partial charge in [0.15, 0.2) is 0 Å². The fourth-order valence-corrected chi connectivity index (χ4v) is 7.53. The zero-order valence-corrected chi connectivity index (χ0v) is 27.2. The number of aliphatic hydroxyl groups excluding tert-OH is 1. The summed E-state index contributed by atoms with van der Waals surface area (Å²) >= 11 is 0. The molecule has 0 unspecified atom stereocenters. The molecule has 46 heavy (non-hydrogen) atoms. The van der Waals surface area contributed by atoms with Gasteiger partial charge < -0.3 is 19.3 Å². The van der Waals surface area contributed by atoms with Crippen molar-refractivity contribution in [3.63, 3.8) is 0 Å². The number of ether oxygens (including phenoxy) is 3. The van der Waals surface area contributed by atoms with Gasteiger partial charge in [0, 0.05) is 29.6 Å². The van der Waals surface area contributed by atoms with Crippen molar-refractivity contribution in [3.05, 3.63) is 120 Å². The molecule has 1 aromatic heterocycles. The number of likely N-dealkylation sites (tertiary alicyclic amines) is 1. The molecule has 0 saturated carbocycles. The van der Waals surface area contributed by atoms with Crippen molar-refractivity contribution >= 4 is 17.0 Å². The van der Waals surface area contributed by atoms with Crippen molar-refractivity contribution in [2.75, 3.05) is 26.3 Å². The third-order valence-corrected chi connectivity index (χ3v) is 9.41. The molecule has 2 aliphatic rings. The molecule has 7 nitrogen and oxygen atoms in total. The number of rotatable bonds is 10. The number of hydrogen-bond donors (Lipinski definition) is 1. The first kappa shape index (κ1) is 32.2. The maximum Gasteiger partial charge on any atom is 0.419 e. The minimum absolute atomic E-state index is 0.133. The zero-order valence-electron chi connectivity index (χ0n) is 27.2. The summed E-state index contributed by atoms with van der Waals surface area (Å²) in [6.07, 6.45) is 2.09. The molecular formula is C39H46N2O5. The van der Waals surface area contributed by atoms with Crippen LogP contribution in [0.2, 0.25) is 0 Å². The Morgan fingerprint density at radius 3 is 2.11 bits per heavy atom. The van der Waals surface area contributed by atoms with Crippen molar-refractivity contribution in [1.29, 1.82) is 0 Å². The standard InChI is InChI=1S/C39H46N2O5/c1-5-21-40-22-20-31-34(42)23-33(40)35-30-18-12-13-19-32(30)41(37(43)46-38(2,3)4)36(35)39(31,26-44-24-28-14-8-6-9-15-28)27-45-25-29-16-10-7-11-17-29/h5-19,31,33-34,42H,1,20-27H2,2-4H3/t31-,33+,34+/m0/s1. The molecule has 6 rings (SSSR count). The molecule has 3 atom stereocenters. The predicted octanol–water partition coefficient (Wildman–Crippen LogP) is 7.41. The Balaban J connectivity index is 1.57. The summed E-state index contributed by atoms with van der Waals surface area (Å²) in [6, 6.07) is 28.1. The Labute approximate surface area is 272 Å². The van der Waals surface area contributed by atoms with Gasteiger partial charge in [0.2, 0.25) is 0 Å². The van der Waals surface area contributed by atoms with Crippen LogP contribution in [-0.2, 0) is 32.8 Å². The molecule has 7 heteroatoms. The summed E-state index contributed by atoms with van der Waals surface area (Å²) in [6.45, 7) is 12.5. The topological polar surface area (TPSA) is 73.2 Å². The monoisotopic (exact) mass is 622 g/mol. The number of carbonyl (C=O) groups is 1. The number of aliphatic hydroxyl groups is 1. The van der Waals surface area contributed by atoms with Gasteiger partial charge in [-0.05, 0) is 62.9 Å². The quantitative estimate of drug-likeness (QED) is 0.186. The lowest BCUT2D eigenvalue weighted by Crippen LogP contribution is -2.51. The second-order valence-corrected chi connectivity index (χ2v) is 13.7. The molecule has 1 saturated heterocycles. The number of nitrogens with zero attached hydrogens (tertiary/aromatic N) is 2. The number of fused-ring (bicyclic) bond motifs is 7. The molecule has 1 aliphatic heterocycles. The fourth-order valence-electron chi connectivity index (χ4n) is 7.53. The molecular weight excluding hydrogens is 576 g/mol. The van der Waals surface area contributed by atoms with Gasteiger partial charge in [-0.25, -0.2) is 9.36 Å². The van der Waals surface area contributed by atoms with Crippen LogP contribution in [0.4, 0.5) is 4.79 Å². The van der Waals surface area contributed by atoms with E-state index in [-0.39, 0.29) is 25.2 Å². The van der Waals surface area contributed by atoms with E-state index in [1.165, 1.54) is 0 Å². The molecule has 1 N–H and O–H groups in total. The van der Waals surface area contributed by atoms with Crippen molar-refractivity contribution in [2.24, 2.45) is 5.92 Å². The smallest absolute Gasteiger partial charge is 0.419 e. The minimum atomic E-state index is -0.858. The summed E-state index contributed by atoms with van der Waals surface area (Å²) in [4.78, 5) is 16.8. The predicted molar refractivity (Wildman–Crippen MR) is 181 cm³/mol. The highest BCUT2D eigenvalue weighted by atomic mass is 16.6. The van der Waals surface area contributed by atoms with Crippen LogP contribution in [0.1, 0.15) is 62.0 Å². The molecule has 1 aliphatic carbocycles. The Bertz CT molecular complexity index is 1600. The van der Waals surface area contributed by atoms with Crippen LogP contribution in [0.3, 0.4) is 0 Å². The average molecular weight is 623 g/mol. The summed E-state index contributed by atoms with van der Waals surface area (Å²) in [5.74, 6) is -0.247. The number of para-hydroxylation sites is 1. The first-order valence-electron chi connectivity index (χ1n) is 16.4. The van der Waals surface area contributed by atoms with E-state index >= 15 is 0 Å². The maximum absolute atomic E-state index is 14.4.